The van der Waals surface area contributed by atoms with Crippen molar-refractivity contribution in [2.45, 2.75) is 117 Å². The van der Waals surface area contributed by atoms with Crippen LogP contribution in [-0.4, -0.2) is 11.4 Å². The van der Waals surface area contributed by atoms with Gasteiger partial charge in [-0.15, -0.1) is 0 Å². The van der Waals surface area contributed by atoms with E-state index in [4.69, 9.17) is 4.42 Å². The second-order valence-electron chi connectivity index (χ2n) is 25.4. The summed E-state index contributed by atoms with van der Waals surface area (Å²) < 4.78 is 9.48. The standard InChI is InChI=1S/C66H61BN2O/c1-62(2,3)36-22-26-39(27-23-36)69-52-34-49-43(42-30-37(63(4,5)6)24-28-48(42)65(49,10)11)32-46(52)58-59-56(41-19-14-16-20-47(41)66(59,12)13)57-45-31-38(64(7,8)9)25-29-51(45)68-53-35-55-44(40-18-15-17-21-54(40)70-55)33-50(53)67(69)60(58)61(57)68/h14-35H,1-13H3. The third-order valence-electron chi connectivity index (χ3n) is 17.4. The average molecular weight is 909 g/mol. The molecule has 0 amide bonds. The van der Waals surface area contributed by atoms with Crippen LogP contribution in [0, 0.1) is 0 Å². The molecule has 2 aromatic heterocycles. The molecule has 0 radical (unpaired) electrons. The normalized spacial score (nSPS) is 16.0. The molecule has 0 fully saturated rings. The SMILES string of the molecule is CC(C)(C)c1ccc(N2B3c4cc5c(cc4-n4c6ccc(C(C)(C)C)cc6c6c7c(c(c3c64)-c3cc4c(cc32)C(C)(C)c2ccc(C(C)(C)C)cc2-4)C(C)(C)c2ccccc2-7)oc2ccccc25)cc1. The van der Waals surface area contributed by atoms with Gasteiger partial charge in [-0.05, 0) is 136 Å². The first-order chi connectivity index (χ1) is 33.1. The van der Waals surface area contributed by atoms with Gasteiger partial charge in [0, 0.05) is 61.1 Å². The molecule has 0 unspecified atom stereocenters. The van der Waals surface area contributed by atoms with Crippen molar-refractivity contribution in [1.29, 1.82) is 0 Å². The molecule has 0 bridgehead atoms. The van der Waals surface area contributed by atoms with Gasteiger partial charge < -0.3 is 13.8 Å². The Bertz CT molecular complexity index is 4000. The molecule has 0 saturated carbocycles. The molecular formula is C66H61BN2O. The zero-order valence-corrected chi connectivity index (χ0v) is 43.1. The minimum Gasteiger partial charge on any atom is -0.456 e. The molecule has 2 aliphatic heterocycles. The van der Waals surface area contributed by atoms with Crippen molar-refractivity contribution in [3.63, 3.8) is 0 Å². The molecule has 344 valence electrons. The van der Waals surface area contributed by atoms with Crippen molar-refractivity contribution in [3.05, 3.63) is 172 Å². The summed E-state index contributed by atoms with van der Waals surface area (Å²) in [5.41, 5.74) is 28.1. The van der Waals surface area contributed by atoms with E-state index < -0.39 is 0 Å². The molecule has 4 heterocycles. The summed E-state index contributed by atoms with van der Waals surface area (Å²) in [6, 6.07) is 52.3. The summed E-state index contributed by atoms with van der Waals surface area (Å²) in [4.78, 5) is 2.75. The lowest BCUT2D eigenvalue weighted by Crippen LogP contribution is -2.61. The molecule has 0 spiro atoms. The molecule has 0 N–H and O–H groups in total. The van der Waals surface area contributed by atoms with Crippen LogP contribution in [0.2, 0.25) is 0 Å². The number of anilines is 2. The van der Waals surface area contributed by atoms with E-state index in [0.29, 0.717) is 0 Å². The largest absolute Gasteiger partial charge is 0.456 e. The van der Waals surface area contributed by atoms with Crippen LogP contribution >= 0.6 is 0 Å². The first kappa shape index (κ1) is 42.1. The van der Waals surface area contributed by atoms with Gasteiger partial charge in [0.1, 0.15) is 11.2 Å². The van der Waals surface area contributed by atoms with Crippen LogP contribution < -0.4 is 15.7 Å². The van der Waals surface area contributed by atoms with Crippen LogP contribution in [0.5, 0.6) is 0 Å². The summed E-state index contributed by atoms with van der Waals surface area (Å²) >= 11 is 0. The molecule has 3 nitrogen and oxygen atoms in total. The third kappa shape index (κ3) is 5.27. The van der Waals surface area contributed by atoms with Gasteiger partial charge in [0.2, 0.25) is 0 Å². The highest BCUT2D eigenvalue weighted by molar-refractivity contribution is 6.94. The topological polar surface area (TPSA) is 21.3 Å². The van der Waals surface area contributed by atoms with E-state index >= 15 is 0 Å². The summed E-state index contributed by atoms with van der Waals surface area (Å²) in [6.07, 6.45) is 0. The van der Waals surface area contributed by atoms with Gasteiger partial charge in [-0.3, -0.25) is 0 Å². The number of nitrogens with zero attached hydrogens (tertiary/aromatic N) is 2. The highest BCUT2D eigenvalue weighted by atomic mass is 16.3. The molecule has 0 saturated heterocycles. The Labute approximate surface area is 413 Å². The number of rotatable bonds is 1. The number of furan rings is 1. The maximum atomic E-state index is 6.83. The summed E-state index contributed by atoms with van der Waals surface area (Å²) in [7, 11) is 0. The average Bonchev–Trinajstić information content (AvgIpc) is 3.99. The maximum absolute atomic E-state index is 6.83. The van der Waals surface area contributed by atoms with E-state index in [1.165, 1.54) is 122 Å². The minimum atomic E-state index is -0.291. The molecular weight excluding hydrogens is 848 g/mol. The van der Waals surface area contributed by atoms with Gasteiger partial charge in [-0.1, -0.05) is 175 Å². The Morgan fingerprint density at radius 1 is 0.471 bits per heavy atom. The van der Waals surface area contributed by atoms with Gasteiger partial charge >= 0.3 is 6.85 Å². The molecule has 2 aliphatic carbocycles. The van der Waals surface area contributed by atoms with Crippen LogP contribution in [0.4, 0.5) is 11.4 Å². The fourth-order valence-electron chi connectivity index (χ4n) is 13.7. The lowest BCUT2D eigenvalue weighted by molar-refractivity contribution is 0.589. The summed E-state index contributed by atoms with van der Waals surface area (Å²) in [6.45, 7) is 30.8. The fourth-order valence-corrected chi connectivity index (χ4v) is 13.7. The van der Waals surface area contributed by atoms with Crippen LogP contribution in [0.1, 0.15) is 129 Å². The first-order valence-electron chi connectivity index (χ1n) is 25.6. The predicted octanol–water partition coefficient (Wildman–Crippen LogP) is 16.4. The van der Waals surface area contributed by atoms with Crippen LogP contribution in [0.3, 0.4) is 0 Å². The number of fused-ring (bicyclic) bond motifs is 19. The van der Waals surface area contributed by atoms with Gasteiger partial charge in [-0.25, -0.2) is 0 Å². The Hall–Kier alpha value is -6.78. The van der Waals surface area contributed by atoms with Crippen molar-refractivity contribution in [2.24, 2.45) is 0 Å². The summed E-state index contributed by atoms with van der Waals surface area (Å²) in [5, 5.41) is 4.99. The van der Waals surface area contributed by atoms with Gasteiger partial charge in [-0.2, -0.15) is 0 Å². The van der Waals surface area contributed by atoms with Gasteiger partial charge in [0.15, 0.2) is 0 Å². The molecule has 14 rings (SSSR count). The minimum absolute atomic E-state index is 0.0129. The molecule has 4 aliphatic rings. The van der Waals surface area contributed by atoms with Crippen molar-refractivity contribution in [2.75, 3.05) is 4.81 Å². The molecule has 10 aromatic rings. The van der Waals surface area contributed by atoms with Crippen molar-refractivity contribution < 1.29 is 4.42 Å². The second-order valence-corrected chi connectivity index (χ2v) is 25.4. The fraction of sp³-hybridized carbons (Fsp3) is 0.273. The first-order valence-corrected chi connectivity index (χ1v) is 25.6. The molecule has 8 aromatic carbocycles. The zero-order chi connectivity index (χ0) is 48.5. The lowest BCUT2D eigenvalue weighted by atomic mass is 9.43. The maximum Gasteiger partial charge on any atom is 0.333 e. The molecule has 70 heavy (non-hydrogen) atoms. The molecule has 0 atom stereocenters. The van der Waals surface area contributed by atoms with Crippen molar-refractivity contribution in [1.82, 2.24) is 4.57 Å². The predicted molar refractivity (Wildman–Crippen MR) is 298 cm³/mol. The van der Waals surface area contributed by atoms with Crippen LogP contribution in [-0.2, 0) is 27.1 Å². The van der Waals surface area contributed by atoms with Gasteiger partial charge in [0.25, 0.3) is 0 Å². The van der Waals surface area contributed by atoms with Crippen molar-refractivity contribution >= 4 is 72.9 Å². The highest BCUT2D eigenvalue weighted by Gasteiger charge is 2.51. The number of aromatic nitrogens is 1. The third-order valence-corrected chi connectivity index (χ3v) is 17.4. The second kappa shape index (κ2) is 13.1. The smallest absolute Gasteiger partial charge is 0.333 e. The Morgan fingerprint density at radius 3 is 1.86 bits per heavy atom. The van der Waals surface area contributed by atoms with E-state index in [-0.39, 0.29) is 33.9 Å². The van der Waals surface area contributed by atoms with Crippen LogP contribution in [0.15, 0.2) is 138 Å². The van der Waals surface area contributed by atoms with E-state index in [2.05, 4.69) is 233 Å². The quantitative estimate of drug-likeness (QED) is 0.153. The number of hydrogen-bond acceptors (Lipinski definition) is 2. The Balaban J connectivity index is 1.22. The van der Waals surface area contributed by atoms with E-state index in [1.54, 1.807) is 0 Å². The zero-order valence-electron chi connectivity index (χ0n) is 43.1. The van der Waals surface area contributed by atoms with Crippen LogP contribution in [0.25, 0.3) is 82.8 Å². The van der Waals surface area contributed by atoms with Crippen molar-refractivity contribution in [3.8, 4) is 39.1 Å². The van der Waals surface area contributed by atoms with E-state index in [9.17, 15) is 0 Å². The lowest BCUT2D eigenvalue weighted by Gasteiger charge is -2.44. The molecule has 4 heteroatoms. The monoisotopic (exact) mass is 908 g/mol. The Kier molecular flexibility index (Phi) is 7.91. The van der Waals surface area contributed by atoms with Gasteiger partial charge in [0.05, 0.1) is 11.0 Å². The highest BCUT2D eigenvalue weighted by Crippen LogP contribution is 2.61. The van der Waals surface area contributed by atoms with E-state index in [0.717, 1.165) is 21.9 Å². The number of benzene rings is 8. The number of hydrogen-bond donors (Lipinski definition) is 0. The Morgan fingerprint density at radius 2 is 1.11 bits per heavy atom. The summed E-state index contributed by atoms with van der Waals surface area (Å²) in [5.74, 6) is 0. The number of para-hydroxylation sites is 1. The van der Waals surface area contributed by atoms with E-state index in [1.807, 2.05) is 0 Å².